The number of ether oxygens (including phenoxy) is 1. The van der Waals surface area contributed by atoms with E-state index in [0.717, 1.165) is 10.6 Å². The quantitative estimate of drug-likeness (QED) is 0.699. The summed E-state index contributed by atoms with van der Waals surface area (Å²) in [6, 6.07) is 7.73. The van der Waals surface area contributed by atoms with Crippen LogP contribution >= 0.6 is 0 Å². The molecule has 1 fully saturated rings. The second kappa shape index (κ2) is 8.53. The Labute approximate surface area is 155 Å². The highest BCUT2D eigenvalue weighted by molar-refractivity contribution is 7.92. The highest BCUT2D eigenvalue weighted by atomic mass is 32.2. The van der Waals surface area contributed by atoms with E-state index in [1.165, 1.54) is 0 Å². The molecule has 1 atom stereocenters. The molecular formula is C18H26N2O5S. The predicted molar refractivity (Wildman–Crippen MR) is 99.2 cm³/mol. The Balaban J connectivity index is 2.09. The Morgan fingerprint density at radius 3 is 2.31 bits per heavy atom. The summed E-state index contributed by atoms with van der Waals surface area (Å²) in [5.74, 6) is -0.689. The van der Waals surface area contributed by atoms with E-state index >= 15 is 0 Å². The minimum atomic E-state index is -3.62. The first-order chi connectivity index (χ1) is 12.3. The van der Waals surface area contributed by atoms with Gasteiger partial charge in [0.1, 0.15) is 6.04 Å². The van der Waals surface area contributed by atoms with Gasteiger partial charge in [0.25, 0.3) is 0 Å². The molecular weight excluding hydrogens is 356 g/mol. The van der Waals surface area contributed by atoms with Crippen LogP contribution in [0.1, 0.15) is 26.7 Å². The number of carbonyl (C=O) groups is 2. The largest absolute Gasteiger partial charge is 0.466 e. The van der Waals surface area contributed by atoms with E-state index in [1.54, 1.807) is 49.1 Å². The third-order valence-electron chi connectivity index (χ3n) is 4.50. The summed E-state index contributed by atoms with van der Waals surface area (Å²) in [6.45, 7) is 4.53. The molecule has 1 aliphatic rings. The van der Waals surface area contributed by atoms with Gasteiger partial charge in [0.05, 0.1) is 24.5 Å². The Morgan fingerprint density at radius 2 is 1.81 bits per heavy atom. The van der Waals surface area contributed by atoms with Gasteiger partial charge in [0, 0.05) is 13.1 Å². The Bertz CT molecular complexity index is 727. The second-order valence-corrected chi connectivity index (χ2v) is 8.28. The zero-order valence-corrected chi connectivity index (χ0v) is 16.2. The number of rotatable bonds is 6. The molecule has 26 heavy (non-hydrogen) atoms. The summed E-state index contributed by atoms with van der Waals surface area (Å²) in [4.78, 5) is 26.3. The lowest BCUT2D eigenvalue weighted by molar-refractivity contribution is -0.151. The number of hydrogen-bond donors (Lipinski definition) is 0. The van der Waals surface area contributed by atoms with E-state index in [1.807, 2.05) is 0 Å². The highest BCUT2D eigenvalue weighted by Gasteiger charge is 2.35. The molecule has 1 saturated heterocycles. The predicted octanol–water partition coefficient (Wildman–Crippen LogP) is 1.64. The number of anilines is 1. The molecule has 0 spiro atoms. The van der Waals surface area contributed by atoms with Crippen molar-refractivity contribution in [2.45, 2.75) is 32.7 Å². The van der Waals surface area contributed by atoms with Crippen LogP contribution < -0.4 is 4.31 Å². The second-order valence-electron chi connectivity index (χ2n) is 6.42. The molecule has 1 heterocycles. The van der Waals surface area contributed by atoms with E-state index in [2.05, 4.69) is 0 Å². The lowest BCUT2D eigenvalue weighted by atomic mass is 9.96. The fourth-order valence-corrected chi connectivity index (χ4v) is 4.41. The van der Waals surface area contributed by atoms with Gasteiger partial charge >= 0.3 is 5.97 Å². The minimum absolute atomic E-state index is 0.200. The number of likely N-dealkylation sites (tertiary alicyclic amines) is 1. The van der Waals surface area contributed by atoms with E-state index in [-0.39, 0.29) is 17.8 Å². The fourth-order valence-electron chi connectivity index (χ4n) is 3.24. The molecule has 0 saturated carbocycles. The van der Waals surface area contributed by atoms with Crippen molar-refractivity contribution in [1.82, 2.24) is 4.90 Å². The van der Waals surface area contributed by atoms with Gasteiger partial charge in [-0.1, -0.05) is 18.2 Å². The molecule has 144 valence electrons. The summed E-state index contributed by atoms with van der Waals surface area (Å²) in [7, 11) is -3.62. The first-order valence-electron chi connectivity index (χ1n) is 8.75. The van der Waals surface area contributed by atoms with E-state index in [0.29, 0.717) is 38.2 Å². The molecule has 1 aliphatic heterocycles. The number of benzene rings is 1. The van der Waals surface area contributed by atoms with Crippen LogP contribution in [0.2, 0.25) is 0 Å². The third-order valence-corrected chi connectivity index (χ3v) is 5.75. The summed E-state index contributed by atoms with van der Waals surface area (Å²) in [5.41, 5.74) is 0.456. The maximum Gasteiger partial charge on any atom is 0.309 e. The van der Waals surface area contributed by atoms with Crippen molar-refractivity contribution in [2.24, 2.45) is 5.92 Å². The maximum absolute atomic E-state index is 12.9. The Morgan fingerprint density at radius 1 is 1.23 bits per heavy atom. The molecule has 0 aliphatic carbocycles. The van der Waals surface area contributed by atoms with Gasteiger partial charge < -0.3 is 9.64 Å². The summed E-state index contributed by atoms with van der Waals surface area (Å²) in [6.07, 6.45) is 2.15. The average Bonchev–Trinajstić information content (AvgIpc) is 2.61. The number of esters is 1. The number of nitrogens with zero attached hydrogens (tertiary/aromatic N) is 2. The van der Waals surface area contributed by atoms with Crippen molar-refractivity contribution in [2.75, 3.05) is 30.3 Å². The number of carbonyl (C=O) groups excluding carboxylic acids is 2. The maximum atomic E-state index is 12.9. The minimum Gasteiger partial charge on any atom is -0.466 e. The SMILES string of the molecule is CCOC(=O)C1CCN(C(=O)[C@H](C)N(c2ccccc2)S(C)(=O)=O)CC1. The van der Waals surface area contributed by atoms with Gasteiger partial charge in [0.15, 0.2) is 0 Å². The summed E-state index contributed by atoms with van der Waals surface area (Å²) < 4.78 is 30.7. The van der Waals surface area contributed by atoms with Gasteiger partial charge in [-0.15, -0.1) is 0 Å². The number of piperidine rings is 1. The van der Waals surface area contributed by atoms with Gasteiger partial charge in [-0.05, 0) is 38.8 Å². The smallest absolute Gasteiger partial charge is 0.309 e. The molecule has 0 bridgehead atoms. The van der Waals surface area contributed by atoms with Crippen LogP contribution in [0.15, 0.2) is 30.3 Å². The van der Waals surface area contributed by atoms with Crippen molar-refractivity contribution >= 4 is 27.6 Å². The summed E-state index contributed by atoms with van der Waals surface area (Å²) >= 11 is 0. The number of amides is 1. The van der Waals surface area contributed by atoms with Crippen molar-refractivity contribution < 1.29 is 22.7 Å². The standard InChI is InChI=1S/C18H26N2O5S/c1-4-25-18(22)15-10-12-19(13-11-15)17(21)14(2)20(26(3,23)24)16-8-6-5-7-9-16/h5-9,14-15H,4,10-13H2,1-3H3/t14-/m0/s1. The Kier molecular flexibility index (Phi) is 6.63. The normalized spacial score (nSPS) is 16.8. The van der Waals surface area contributed by atoms with E-state index in [4.69, 9.17) is 4.74 Å². The molecule has 7 nitrogen and oxygen atoms in total. The van der Waals surface area contributed by atoms with Crippen LogP contribution in [0.3, 0.4) is 0 Å². The topological polar surface area (TPSA) is 84.0 Å². The molecule has 0 aromatic heterocycles. The van der Waals surface area contributed by atoms with Crippen LogP contribution in [0.4, 0.5) is 5.69 Å². The van der Waals surface area contributed by atoms with Gasteiger partial charge in [0.2, 0.25) is 15.9 Å². The zero-order chi connectivity index (χ0) is 19.3. The van der Waals surface area contributed by atoms with Gasteiger partial charge in [-0.3, -0.25) is 13.9 Å². The molecule has 1 aromatic carbocycles. The highest BCUT2D eigenvalue weighted by Crippen LogP contribution is 2.24. The zero-order valence-electron chi connectivity index (χ0n) is 15.4. The van der Waals surface area contributed by atoms with E-state index in [9.17, 15) is 18.0 Å². The lowest BCUT2D eigenvalue weighted by Gasteiger charge is -2.36. The number of hydrogen-bond acceptors (Lipinski definition) is 5. The van der Waals surface area contributed by atoms with Gasteiger partial charge in [-0.2, -0.15) is 0 Å². The molecule has 1 amide bonds. The van der Waals surface area contributed by atoms with Crippen molar-refractivity contribution in [1.29, 1.82) is 0 Å². The van der Waals surface area contributed by atoms with Crippen molar-refractivity contribution in [3.05, 3.63) is 30.3 Å². The van der Waals surface area contributed by atoms with E-state index < -0.39 is 16.1 Å². The summed E-state index contributed by atoms with van der Waals surface area (Å²) in [5, 5.41) is 0. The Hall–Kier alpha value is -2.09. The molecule has 0 radical (unpaired) electrons. The van der Waals surface area contributed by atoms with Crippen molar-refractivity contribution in [3.8, 4) is 0 Å². The van der Waals surface area contributed by atoms with Crippen LogP contribution in [0.5, 0.6) is 0 Å². The first kappa shape index (κ1) is 20.2. The van der Waals surface area contributed by atoms with Crippen LogP contribution in [-0.2, 0) is 24.3 Å². The van der Waals surface area contributed by atoms with Crippen molar-refractivity contribution in [3.63, 3.8) is 0 Å². The van der Waals surface area contributed by atoms with Crippen LogP contribution in [0.25, 0.3) is 0 Å². The number of sulfonamides is 1. The van der Waals surface area contributed by atoms with Crippen LogP contribution in [0, 0.1) is 5.92 Å². The molecule has 8 heteroatoms. The van der Waals surface area contributed by atoms with Crippen LogP contribution in [-0.4, -0.2) is 57.2 Å². The molecule has 0 N–H and O–H groups in total. The first-order valence-corrected chi connectivity index (χ1v) is 10.6. The fraction of sp³-hybridized carbons (Fsp3) is 0.556. The third kappa shape index (κ3) is 4.75. The molecule has 1 aromatic rings. The molecule has 2 rings (SSSR count). The number of para-hydroxylation sites is 1. The lowest BCUT2D eigenvalue weighted by Crippen LogP contribution is -2.51. The molecule has 0 unspecified atom stereocenters. The van der Waals surface area contributed by atoms with Gasteiger partial charge in [-0.25, -0.2) is 8.42 Å². The average molecular weight is 382 g/mol. The monoisotopic (exact) mass is 382 g/mol.